The van der Waals surface area contributed by atoms with Gasteiger partial charge in [0.25, 0.3) is 0 Å². The van der Waals surface area contributed by atoms with Crippen molar-refractivity contribution in [3.8, 4) is 0 Å². The van der Waals surface area contributed by atoms with E-state index in [1.54, 1.807) is 44.3 Å². The number of hydrogen-bond donors (Lipinski definition) is 12. The van der Waals surface area contributed by atoms with Gasteiger partial charge < -0.3 is 63.5 Å². The Kier molecular flexibility index (Phi) is 18.7. The van der Waals surface area contributed by atoms with Crippen LogP contribution >= 0.6 is 0 Å². The van der Waals surface area contributed by atoms with E-state index in [2.05, 4.69) is 31.6 Å². The van der Waals surface area contributed by atoms with Crippen molar-refractivity contribution in [2.75, 3.05) is 13.2 Å². The van der Waals surface area contributed by atoms with Crippen molar-refractivity contribution in [1.29, 1.82) is 0 Å². The number of aliphatic hydroxyl groups is 1. The fourth-order valence-corrected chi connectivity index (χ4v) is 5.54. The molecular weight excluding hydrogens is 724 g/mol. The van der Waals surface area contributed by atoms with E-state index in [0.29, 0.717) is 24.8 Å². The van der Waals surface area contributed by atoms with Crippen LogP contribution in [0.5, 0.6) is 0 Å². The third kappa shape index (κ3) is 14.6. The number of H-pyrrole nitrogens is 1. The zero-order valence-electron chi connectivity index (χ0n) is 30.7. The van der Waals surface area contributed by atoms with Gasteiger partial charge in [-0.05, 0) is 49.8 Å². The number of carbonyl (C=O) groups is 8. The molecule has 0 fully saturated rings. The van der Waals surface area contributed by atoms with Crippen LogP contribution in [0.25, 0.3) is 10.9 Å². The topological polar surface area (TPSA) is 345 Å². The molecule has 20 nitrogen and oxygen atoms in total. The molecule has 7 atom stereocenters. The van der Waals surface area contributed by atoms with E-state index < -0.39 is 115 Å². The summed E-state index contributed by atoms with van der Waals surface area (Å²) in [5.41, 5.74) is 12.7. The SMILES string of the molecule is CC[C@H](C)[C@H](NC(=O)[C@H](CO)NC(=O)[C@H](CCC(=O)O)NC(=O)[C@H](CCCCN)NC(=O)[C@H](Cc1c[nH]c2ccccc12)NC(=O)[C@@H](N)CC(=O)O)C(=O)O. The second kappa shape index (κ2) is 22.6. The van der Waals surface area contributed by atoms with Gasteiger partial charge in [-0.25, -0.2) is 4.79 Å². The standard InChI is InChI=1S/C35H52N8O12/c1-3-18(2)29(35(54)55)43-34(53)26(17-44)42-32(51)24(11-12-27(45)46)40-31(50)23(10-6-7-13-36)39-33(52)25(41-30(49)21(37)15-28(47)48)14-19-16-38-22-9-5-4-8-20(19)22/h4-5,8-9,16,18,21,23-26,29,38,44H,3,6-7,10-15,17,36-37H2,1-2H3,(H,39,52)(H,40,50)(H,41,49)(H,42,51)(H,43,53)(H,45,46)(H,47,48)(H,54,55)/t18-,21-,23-,24-,25-,26-,29-/m0/s1. The highest BCUT2D eigenvalue weighted by Crippen LogP contribution is 2.19. The maximum atomic E-state index is 13.9. The summed E-state index contributed by atoms with van der Waals surface area (Å²) in [5, 5.41) is 50.5. The number of carbonyl (C=O) groups excluding carboxylic acids is 5. The average Bonchev–Trinajstić information content (AvgIpc) is 3.55. The third-order valence-corrected chi connectivity index (χ3v) is 8.92. The number of unbranched alkanes of at least 4 members (excludes halogenated alkanes) is 1. The lowest BCUT2D eigenvalue weighted by atomic mass is 9.99. The lowest BCUT2D eigenvalue weighted by Gasteiger charge is -2.27. The summed E-state index contributed by atoms with van der Waals surface area (Å²) in [6.45, 7) is 2.55. The van der Waals surface area contributed by atoms with Gasteiger partial charge in [-0.2, -0.15) is 0 Å². The van der Waals surface area contributed by atoms with E-state index in [0.717, 1.165) is 10.9 Å². The largest absolute Gasteiger partial charge is 0.481 e. The van der Waals surface area contributed by atoms with Crippen LogP contribution in [0.4, 0.5) is 0 Å². The second-order valence-electron chi connectivity index (χ2n) is 13.1. The molecule has 0 unspecified atom stereocenters. The summed E-state index contributed by atoms with van der Waals surface area (Å²) >= 11 is 0. The molecule has 0 spiro atoms. The van der Waals surface area contributed by atoms with Gasteiger partial charge in [0.15, 0.2) is 0 Å². The van der Waals surface area contributed by atoms with Crippen molar-refractivity contribution >= 4 is 58.3 Å². The molecule has 14 N–H and O–H groups in total. The summed E-state index contributed by atoms with van der Waals surface area (Å²) in [5.74, 6) is -9.40. The highest BCUT2D eigenvalue weighted by molar-refractivity contribution is 5.97. The maximum Gasteiger partial charge on any atom is 0.326 e. The van der Waals surface area contributed by atoms with Crippen LogP contribution in [0.3, 0.4) is 0 Å². The number of aliphatic hydroxyl groups excluding tert-OH is 1. The first-order valence-corrected chi connectivity index (χ1v) is 17.8. The van der Waals surface area contributed by atoms with Crippen LogP contribution in [-0.4, -0.2) is 122 Å². The zero-order chi connectivity index (χ0) is 41.2. The van der Waals surface area contributed by atoms with Crippen LogP contribution < -0.4 is 38.1 Å². The minimum Gasteiger partial charge on any atom is -0.481 e. The van der Waals surface area contributed by atoms with Gasteiger partial charge in [0.1, 0.15) is 30.2 Å². The number of aromatic amines is 1. The Morgan fingerprint density at radius 1 is 0.745 bits per heavy atom. The van der Waals surface area contributed by atoms with Crippen LogP contribution in [-0.2, 0) is 44.8 Å². The number of aliphatic carboxylic acids is 3. The quantitative estimate of drug-likeness (QED) is 0.0488. The van der Waals surface area contributed by atoms with Crippen LogP contribution in [0.2, 0.25) is 0 Å². The minimum absolute atomic E-state index is 0.0256. The summed E-state index contributed by atoms with van der Waals surface area (Å²) in [6, 6.07) is -1.78. The van der Waals surface area contributed by atoms with E-state index in [-0.39, 0.29) is 19.4 Å². The number of amides is 5. The number of hydrogen-bond acceptors (Lipinski definition) is 11. The number of benzene rings is 1. The number of nitrogens with one attached hydrogen (secondary N) is 6. The molecule has 0 aliphatic heterocycles. The monoisotopic (exact) mass is 776 g/mol. The number of carboxylic acid groups (broad SMARTS) is 3. The molecule has 0 radical (unpaired) electrons. The van der Waals surface area contributed by atoms with Gasteiger partial charge in [-0.3, -0.25) is 33.6 Å². The molecule has 1 aromatic carbocycles. The van der Waals surface area contributed by atoms with Crippen molar-refractivity contribution in [2.45, 2.75) is 101 Å². The molecule has 0 aliphatic rings. The van der Waals surface area contributed by atoms with Gasteiger partial charge in [0.05, 0.1) is 19.1 Å². The number of aromatic nitrogens is 1. The zero-order valence-corrected chi connectivity index (χ0v) is 30.7. The van der Waals surface area contributed by atoms with Crippen LogP contribution in [0.15, 0.2) is 30.5 Å². The molecule has 304 valence electrons. The molecule has 0 saturated carbocycles. The summed E-state index contributed by atoms with van der Waals surface area (Å²) < 4.78 is 0. The predicted molar refractivity (Wildman–Crippen MR) is 196 cm³/mol. The van der Waals surface area contributed by atoms with E-state index in [9.17, 15) is 53.7 Å². The fraction of sp³-hybridized carbons (Fsp3) is 0.543. The van der Waals surface area contributed by atoms with E-state index in [4.69, 9.17) is 16.6 Å². The average molecular weight is 777 g/mol. The van der Waals surface area contributed by atoms with Gasteiger partial charge in [-0.1, -0.05) is 38.5 Å². The number of para-hydroxylation sites is 1. The van der Waals surface area contributed by atoms with Crippen LogP contribution in [0.1, 0.15) is 64.4 Å². The predicted octanol–water partition coefficient (Wildman–Crippen LogP) is -1.95. The van der Waals surface area contributed by atoms with Crippen LogP contribution in [0, 0.1) is 5.92 Å². The van der Waals surface area contributed by atoms with Crippen molar-refractivity contribution < 1.29 is 58.8 Å². The first-order valence-electron chi connectivity index (χ1n) is 17.8. The minimum atomic E-state index is -1.68. The summed E-state index contributed by atoms with van der Waals surface area (Å²) in [6.07, 6.45) is 0.750. The lowest BCUT2D eigenvalue weighted by molar-refractivity contribution is -0.144. The Bertz CT molecular complexity index is 1670. The molecule has 55 heavy (non-hydrogen) atoms. The van der Waals surface area contributed by atoms with E-state index in [1.807, 2.05) is 0 Å². The first-order chi connectivity index (χ1) is 26.0. The molecular formula is C35H52N8O12. The molecule has 5 amide bonds. The van der Waals surface area contributed by atoms with Gasteiger partial charge in [0.2, 0.25) is 29.5 Å². The van der Waals surface area contributed by atoms with Crippen molar-refractivity contribution in [3.63, 3.8) is 0 Å². The fourth-order valence-electron chi connectivity index (χ4n) is 5.54. The Labute approximate surface area is 316 Å². The highest BCUT2D eigenvalue weighted by Gasteiger charge is 2.34. The Balaban J connectivity index is 2.37. The molecule has 20 heteroatoms. The van der Waals surface area contributed by atoms with Gasteiger partial charge in [-0.15, -0.1) is 0 Å². The lowest BCUT2D eigenvalue weighted by Crippen LogP contribution is -2.60. The maximum absolute atomic E-state index is 13.9. The molecule has 1 heterocycles. The Morgan fingerprint density at radius 3 is 1.87 bits per heavy atom. The summed E-state index contributed by atoms with van der Waals surface area (Å²) in [7, 11) is 0. The highest BCUT2D eigenvalue weighted by atomic mass is 16.4. The second-order valence-corrected chi connectivity index (χ2v) is 13.1. The number of nitrogens with two attached hydrogens (primary N) is 2. The number of fused-ring (bicyclic) bond motifs is 1. The Morgan fingerprint density at radius 2 is 1.31 bits per heavy atom. The molecule has 1 aromatic heterocycles. The smallest absolute Gasteiger partial charge is 0.326 e. The molecule has 0 saturated heterocycles. The molecule has 2 aromatic rings. The van der Waals surface area contributed by atoms with Crippen molar-refractivity contribution in [1.82, 2.24) is 31.6 Å². The van der Waals surface area contributed by atoms with Crippen molar-refractivity contribution in [3.05, 3.63) is 36.0 Å². The van der Waals surface area contributed by atoms with E-state index in [1.165, 1.54) is 0 Å². The van der Waals surface area contributed by atoms with Gasteiger partial charge >= 0.3 is 17.9 Å². The first kappa shape index (κ1) is 45.6. The normalized spacial score (nSPS) is 14.9. The molecule has 2 rings (SSSR count). The molecule has 0 aliphatic carbocycles. The van der Waals surface area contributed by atoms with E-state index >= 15 is 0 Å². The number of carboxylic acids is 3. The third-order valence-electron chi connectivity index (χ3n) is 8.92. The molecule has 0 bridgehead atoms. The number of rotatable bonds is 25. The van der Waals surface area contributed by atoms with Crippen molar-refractivity contribution in [2.24, 2.45) is 17.4 Å². The van der Waals surface area contributed by atoms with Gasteiger partial charge in [0, 0.05) is 29.9 Å². The Hall–Kier alpha value is -5.60. The summed E-state index contributed by atoms with van der Waals surface area (Å²) in [4.78, 5) is 104.